The van der Waals surface area contributed by atoms with Crippen LogP contribution in [0.5, 0.6) is 0 Å². The summed E-state index contributed by atoms with van der Waals surface area (Å²) in [5, 5.41) is 4.28. The van der Waals surface area contributed by atoms with Crippen molar-refractivity contribution in [3.8, 4) is 0 Å². The zero-order chi connectivity index (χ0) is 12.1. The highest BCUT2D eigenvalue weighted by Gasteiger charge is 2.05. The van der Waals surface area contributed by atoms with Gasteiger partial charge in [0.2, 0.25) is 0 Å². The van der Waals surface area contributed by atoms with Gasteiger partial charge in [-0.1, -0.05) is 17.7 Å². The molecule has 0 aliphatic heterocycles. The summed E-state index contributed by atoms with van der Waals surface area (Å²) in [6, 6.07) is 11.0. The highest BCUT2D eigenvalue weighted by molar-refractivity contribution is 7.99. The second-order valence-electron chi connectivity index (χ2n) is 4.22. The van der Waals surface area contributed by atoms with E-state index in [0.717, 1.165) is 12.2 Å². The van der Waals surface area contributed by atoms with Gasteiger partial charge in [0.1, 0.15) is 0 Å². The maximum Gasteiger partial charge on any atom is 0.0174 e. The van der Waals surface area contributed by atoms with Crippen LogP contribution in [0.25, 0.3) is 0 Å². The number of rotatable bonds is 5. The van der Waals surface area contributed by atoms with E-state index in [1.165, 1.54) is 16.0 Å². The Kier molecular flexibility index (Phi) is 4.66. The molecule has 17 heavy (non-hydrogen) atoms. The average molecular weight is 263 g/mol. The molecule has 2 aromatic rings. The maximum absolute atomic E-state index is 6.13. The summed E-state index contributed by atoms with van der Waals surface area (Å²) in [7, 11) is 0. The van der Waals surface area contributed by atoms with Crippen LogP contribution >= 0.6 is 23.1 Å². The fourth-order valence-corrected chi connectivity index (χ4v) is 3.33. The Morgan fingerprint density at radius 2 is 2.24 bits per heavy atom. The Hall–Kier alpha value is -0.770. The molecule has 2 N–H and O–H groups in total. The highest BCUT2D eigenvalue weighted by Crippen LogP contribution is 2.20. The summed E-state index contributed by atoms with van der Waals surface area (Å²) >= 11 is 3.58. The molecule has 0 bridgehead atoms. The van der Waals surface area contributed by atoms with E-state index in [0.29, 0.717) is 0 Å². The Morgan fingerprint density at radius 1 is 1.35 bits per heavy atom. The number of nitrogens with two attached hydrogens (primary N) is 1. The van der Waals surface area contributed by atoms with Gasteiger partial charge in [-0.05, 0) is 47.9 Å². The van der Waals surface area contributed by atoms with Gasteiger partial charge in [0.05, 0.1) is 0 Å². The lowest BCUT2D eigenvalue weighted by molar-refractivity contribution is 0.750. The van der Waals surface area contributed by atoms with Gasteiger partial charge in [-0.15, -0.1) is 11.8 Å². The Labute approximate surface area is 111 Å². The van der Waals surface area contributed by atoms with Crippen molar-refractivity contribution in [1.29, 1.82) is 0 Å². The van der Waals surface area contributed by atoms with Gasteiger partial charge >= 0.3 is 0 Å². The molecule has 0 fully saturated rings. The third-order valence-electron chi connectivity index (χ3n) is 2.53. The average Bonchev–Trinajstić information content (AvgIpc) is 2.79. The minimum atomic E-state index is 0.232. The van der Waals surface area contributed by atoms with Crippen LogP contribution in [0.4, 0.5) is 0 Å². The molecule has 0 radical (unpaired) electrons. The van der Waals surface area contributed by atoms with Gasteiger partial charge in [-0.25, -0.2) is 0 Å². The molecule has 0 amide bonds. The van der Waals surface area contributed by atoms with Crippen LogP contribution in [-0.4, -0.2) is 11.8 Å². The predicted molar refractivity (Wildman–Crippen MR) is 77.9 cm³/mol. The molecule has 0 spiro atoms. The minimum absolute atomic E-state index is 0.232. The molecular weight excluding hydrogens is 246 g/mol. The number of benzene rings is 1. The molecule has 1 aromatic carbocycles. The molecule has 0 saturated heterocycles. The topological polar surface area (TPSA) is 26.0 Å². The third kappa shape index (κ3) is 4.19. The maximum atomic E-state index is 6.13. The summed E-state index contributed by atoms with van der Waals surface area (Å²) in [6.45, 7) is 2.12. The fourth-order valence-electron chi connectivity index (χ4n) is 1.68. The summed E-state index contributed by atoms with van der Waals surface area (Å²) in [4.78, 5) is 1.31. The SMILES string of the molecule is Cc1cccc(SCC(N)Cc2ccsc2)c1. The Balaban J connectivity index is 1.82. The van der Waals surface area contributed by atoms with Crippen LogP contribution in [0.3, 0.4) is 0 Å². The van der Waals surface area contributed by atoms with Crippen LogP contribution in [0.2, 0.25) is 0 Å². The number of thioether (sulfide) groups is 1. The van der Waals surface area contributed by atoms with Crippen molar-refractivity contribution < 1.29 is 0 Å². The first-order valence-corrected chi connectivity index (χ1v) is 7.63. The van der Waals surface area contributed by atoms with Gasteiger partial charge in [-0.3, -0.25) is 0 Å². The molecule has 0 aliphatic carbocycles. The summed E-state index contributed by atoms with van der Waals surface area (Å²) in [5.41, 5.74) is 8.80. The monoisotopic (exact) mass is 263 g/mol. The zero-order valence-corrected chi connectivity index (χ0v) is 11.6. The second kappa shape index (κ2) is 6.24. The predicted octanol–water partition coefficient (Wildman–Crippen LogP) is 3.72. The smallest absolute Gasteiger partial charge is 0.0174 e. The first-order valence-electron chi connectivity index (χ1n) is 5.70. The molecule has 1 heterocycles. The van der Waals surface area contributed by atoms with E-state index in [9.17, 15) is 0 Å². The molecule has 90 valence electrons. The molecule has 1 atom stereocenters. The van der Waals surface area contributed by atoms with E-state index in [-0.39, 0.29) is 6.04 Å². The standard InChI is InChI=1S/C14H17NS2/c1-11-3-2-4-14(7-11)17-10-13(15)8-12-5-6-16-9-12/h2-7,9,13H,8,10,15H2,1H3. The van der Waals surface area contributed by atoms with E-state index in [2.05, 4.69) is 48.0 Å². The van der Waals surface area contributed by atoms with E-state index >= 15 is 0 Å². The first-order chi connectivity index (χ1) is 8.24. The molecule has 2 rings (SSSR count). The van der Waals surface area contributed by atoms with Crippen molar-refractivity contribution in [3.63, 3.8) is 0 Å². The normalized spacial score (nSPS) is 12.6. The molecule has 1 nitrogen and oxygen atoms in total. The number of hydrogen-bond acceptors (Lipinski definition) is 3. The lowest BCUT2D eigenvalue weighted by Gasteiger charge is -2.10. The molecule has 0 aliphatic rings. The van der Waals surface area contributed by atoms with Crippen molar-refractivity contribution in [1.82, 2.24) is 0 Å². The van der Waals surface area contributed by atoms with Crippen LogP contribution in [0.1, 0.15) is 11.1 Å². The van der Waals surface area contributed by atoms with Crippen LogP contribution in [0, 0.1) is 6.92 Å². The van der Waals surface area contributed by atoms with Crippen molar-refractivity contribution >= 4 is 23.1 Å². The number of aryl methyl sites for hydroxylation is 1. The quantitative estimate of drug-likeness (QED) is 0.832. The Bertz CT molecular complexity index is 451. The second-order valence-corrected chi connectivity index (χ2v) is 6.10. The lowest BCUT2D eigenvalue weighted by atomic mass is 10.1. The highest BCUT2D eigenvalue weighted by atomic mass is 32.2. The Morgan fingerprint density at radius 3 is 2.94 bits per heavy atom. The van der Waals surface area contributed by atoms with Gasteiger partial charge in [0.15, 0.2) is 0 Å². The van der Waals surface area contributed by atoms with E-state index < -0.39 is 0 Å². The van der Waals surface area contributed by atoms with E-state index in [4.69, 9.17) is 5.73 Å². The molecule has 1 aromatic heterocycles. The first kappa shape index (κ1) is 12.7. The van der Waals surface area contributed by atoms with Gasteiger partial charge in [-0.2, -0.15) is 11.3 Å². The van der Waals surface area contributed by atoms with Crippen molar-refractivity contribution in [3.05, 3.63) is 52.2 Å². The van der Waals surface area contributed by atoms with E-state index in [1.54, 1.807) is 11.3 Å². The number of thiophene rings is 1. The van der Waals surface area contributed by atoms with Crippen LogP contribution in [-0.2, 0) is 6.42 Å². The third-order valence-corrected chi connectivity index (χ3v) is 4.45. The van der Waals surface area contributed by atoms with Crippen molar-refractivity contribution in [2.45, 2.75) is 24.3 Å². The molecule has 0 saturated carbocycles. The van der Waals surface area contributed by atoms with Gasteiger partial charge < -0.3 is 5.73 Å². The lowest BCUT2D eigenvalue weighted by Crippen LogP contribution is -2.25. The largest absolute Gasteiger partial charge is 0.327 e. The molecule has 1 unspecified atom stereocenters. The zero-order valence-electron chi connectivity index (χ0n) is 9.93. The van der Waals surface area contributed by atoms with Crippen LogP contribution < -0.4 is 5.73 Å². The molecular formula is C14H17NS2. The fraction of sp³-hybridized carbons (Fsp3) is 0.286. The minimum Gasteiger partial charge on any atom is -0.327 e. The van der Waals surface area contributed by atoms with E-state index in [1.807, 2.05) is 11.8 Å². The summed E-state index contributed by atoms with van der Waals surface area (Å²) < 4.78 is 0. The van der Waals surface area contributed by atoms with Crippen molar-refractivity contribution in [2.24, 2.45) is 5.73 Å². The molecule has 3 heteroatoms. The van der Waals surface area contributed by atoms with Gasteiger partial charge in [0, 0.05) is 16.7 Å². The summed E-state index contributed by atoms with van der Waals surface area (Å²) in [5.74, 6) is 0.972. The number of hydrogen-bond donors (Lipinski definition) is 1. The van der Waals surface area contributed by atoms with Crippen molar-refractivity contribution in [2.75, 3.05) is 5.75 Å². The van der Waals surface area contributed by atoms with Gasteiger partial charge in [0.25, 0.3) is 0 Å². The summed E-state index contributed by atoms with van der Waals surface area (Å²) in [6.07, 6.45) is 0.975. The van der Waals surface area contributed by atoms with Crippen LogP contribution in [0.15, 0.2) is 46.0 Å².